The molecule has 0 heterocycles. The highest BCUT2D eigenvalue weighted by Gasteiger charge is 2.22. The number of benzene rings is 2. The summed E-state index contributed by atoms with van der Waals surface area (Å²) < 4.78 is 16.8. The van der Waals surface area contributed by atoms with E-state index in [-0.39, 0.29) is 12.7 Å². The maximum absolute atomic E-state index is 10.5. The Morgan fingerprint density at radius 1 is 0.900 bits per heavy atom. The van der Waals surface area contributed by atoms with Crippen LogP contribution in [0.25, 0.3) is 0 Å². The summed E-state index contributed by atoms with van der Waals surface area (Å²) >= 11 is 0. The molecule has 0 radical (unpaired) electrons. The summed E-state index contributed by atoms with van der Waals surface area (Å²) in [6.45, 7) is 3.10. The molecule has 2 aromatic rings. The number of rotatable bonds is 10. The van der Waals surface area contributed by atoms with Gasteiger partial charge in [0, 0.05) is 12.6 Å². The van der Waals surface area contributed by atoms with Gasteiger partial charge in [0.2, 0.25) is 0 Å². The van der Waals surface area contributed by atoms with Crippen LogP contribution in [-0.2, 0) is 4.74 Å². The van der Waals surface area contributed by atoms with E-state index in [0.717, 1.165) is 22.6 Å². The average Bonchev–Trinajstić information content (AvgIpc) is 2.79. The van der Waals surface area contributed by atoms with Gasteiger partial charge in [-0.1, -0.05) is 44.0 Å². The molecule has 0 amide bonds. The van der Waals surface area contributed by atoms with Crippen LogP contribution in [0.2, 0.25) is 0 Å². The molecular weight excluding hydrogens is 378 g/mol. The van der Waals surface area contributed by atoms with E-state index in [2.05, 4.69) is 12.2 Å². The molecule has 1 aliphatic carbocycles. The Kier molecular flexibility index (Phi) is 8.55. The first kappa shape index (κ1) is 22.6. The number of aliphatic hydroxyl groups is 1. The Labute approximate surface area is 180 Å². The Morgan fingerprint density at radius 2 is 1.43 bits per heavy atom. The van der Waals surface area contributed by atoms with E-state index in [9.17, 15) is 5.11 Å². The fraction of sp³-hybridized carbons (Fsp3) is 0.520. The van der Waals surface area contributed by atoms with E-state index >= 15 is 0 Å². The van der Waals surface area contributed by atoms with E-state index in [1.807, 2.05) is 48.5 Å². The number of hydrogen-bond donors (Lipinski definition) is 2. The molecule has 1 aliphatic rings. The topological polar surface area (TPSA) is 60.0 Å². The Morgan fingerprint density at radius 3 is 1.93 bits per heavy atom. The van der Waals surface area contributed by atoms with Crippen molar-refractivity contribution in [2.24, 2.45) is 5.92 Å². The van der Waals surface area contributed by atoms with Crippen LogP contribution >= 0.6 is 0 Å². The van der Waals surface area contributed by atoms with Crippen LogP contribution in [0.15, 0.2) is 48.5 Å². The zero-order valence-corrected chi connectivity index (χ0v) is 18.3. The van der Waals surface area contributed by atoms with E-state index in [0.29, 0.717) is 18.5 Å². The molecule has 0 bridgehead atoms. The van der Waals surface area contributed by atoms with E-state index in [1.54, 1.807) is 14.2 Å². The van der Waals surface area contributed by atoms with Gasteiger partial charge in [-0.05, 0) is 54.2 Å². The van der Waals surface area contributed by atoms with E-state index in [1.165, 1.54) is 25.7 Å². The van der Waals surface area contributed by atoms with Crippen LogP contribution in [0.3, 0.4) is 0 Å². The van der Waals surface area contributed by atoms with Crippen LogP contribution in [0.5, 0.6) is 11.5 Å². The van der Waals surface area contributed by atoms with Crippen molar-refractivity contribution in [2.75, 3.05) is 27.4 Å². The van der Waals surface area contributed by atoms with Crippen molar-refractivity contribution in [3.8, 4) is 11.5 Å². The first-order valence-electron chi connectivity index (χ1n) is 10.9. The molecule has 5 nitrogen and oxygen atoms in total. The lowest BCUT2D eigenvalue weighted by Gasteiger charge is -2.30. The van der Waals surface area contributed by atoms with Crippen molar-refractivity contribution >= 4 is 0 Å². The lowest BCUT2D eigenvalue weighted by molar-refractivity contribution is 0.00444. The molecule has 2 N–H and O–H groups in total. The van der Waals surface area contributed by atoms with Crippen LogP contribution in [0.4, 0.5) is 0 Å². The largest absolute Gasteiger partial charge is 0.497 e. The molecule has 5 heteroatoms. The SMILES string of the molecule is COc1ccc(C(OC[C@H](O)CN[C@@H]2CCCC[C@@H]2C)c2ccc(OC)cc2)cc1. The highest BCUT2D eigenvalue weighted by molar-refractivity contribution is 5.36. The number of methoxy groups -OCH3 is 2. The summed E-state index contributed by atoms with van der Waals surface area (Å²) in [6.07, 6.45) is 4.21. The maximum Gasteiger partial charge on any atom is 0.118 e. The van der Waals surface area contributed by atoms with Crippen molar-refractivity contribution in [3.63, 3.8) is 0 Å². The fourth-order valence-corrected chi connectivity index (χ4v) is 4.12. The number of hydrogen-bond acceptors (Lipinski definition) is 5. The van der Waals surface area contributed by atoms with Gasteiger partial charge in [0.15, 0.2) is 0 Å². The number of ether oxygens (including phenoxy) is 3. The smallest absolute Gasteiger partial charge is 0.118 e. The summed E-state index contributed by atoms with van der Waals surface area (Å²) in [5.74, 6) is 2.27. The Hall–Kier alpha value is -2.08. The predicted octanol–water partition coefficient (Wildman–Crippen LogP) is 4.34. The minimum absolute atomic E-state index is 0.261. The molecule has 0 aromatic heterocycles. The zero-order chi connectivity index (χ0) is 21.3. The third kappa shape index (κ3) is 6.21. The molecule has 164 valence electrons. The maximum atomic E-state index is 10.5. The monoisotopic (exact) mass is 413 g/mol. The summed E-state index contributed by atoms with van der Waals surface area (Å²) in [4.78, 5) is 0. The van der Waals surface area contributed by atoms with E-state index < -0.39 is 6.10 Å². The van der Waals surface area contributed by atoms with Gasteiger partial charge in [-0.25, -0.2) is 0 Å². The molecule has 1 fully saturated rings. The van der Waals surface area contributed by atoms with Crippen LogP contribution in [-0.4, -0.2) is 44.6 Å². The zero-order valence-electron chi connectivity index (χ0n) is 18.3. The molecular formula is C25H35NO4. The third-order valence-electron chi connectivity index (χ3n) is 6.02. The Bertz CT molecular complexity index is 699. The van der Waals surface area contributed by atoms with Gasteiger partial charge in [-0.3, -0.25) is 0 Å². The second-order valence-corrected chi connectivity index (χ2v) is 8.19. The van der Waals surface area contributed by atoms with Gasteiger partial charge in [-0.2, -0.15) is 0 Å². The van der Waals surface area contributed by atoms with Gasteiger partial charge >= 0.3 is 0 Å². The average molecular weight is 414 g/mol. The van der Waals surface area contributed by atoms with Crippen LogP contribution < -0.4 is 14.8 Å². The van der Waals surface area contributed by atoms with E-state index in [4.69, 9.17) is 14.2 Å². The van der Waals surface area contributed by atoms with Crippen LogP contribution in [0.1, 0.15) is 49.8 Å². The lowest BCUT2D eigenvalue weighted by Crippen LogP contribution is -2.42. The molecule has 3 atom stereocenters. The molecule has 0 spiro atoms. The second kappa shape index (κ2) is 11.3. The van der Waals surface area contributed by atoms with Gasteiger partial charge in [0.05, 0.1) is 26.9 Å². The summed E-state index contributed by atoms with van der Waals surface area (Å²) in [5.41, 5.74) is 2.03. The highest BCUT2D eigenvalue weighted by Crippen LogP contribution is 2.29. The molecule has 30 heavy (non-hydrogen) atoms. The number of nitrogens with one attached hydrogen (secondary N) is 1. The fourth-order valence-electron chi connectivity index (χ4n) is 4.12. The van der Waals surface area contributed by atoms with Gasteiger partial charge in [-0.15, -0.1) is 0 Å². The predicted molar refractivity (Wildman–Crippen MR) is 119 cm³/mol. The summed E-state index contributed by atoms with van der Waals surface area (Å²) in [7, 11) is 3.31. The standard InChI is InChI=1S/C25H35NO4/c1-18-6-4-5-7-24(18)26-16-21(27)17-30-25(19-8-12-22(28-2)13-9-19)20-10-14-23(29-3)15-11-20/h8-15,18,21,24-27H,4-7,16-17H2,1-3H3/t18-,21+,24+/m0/s1. The normalized spacial score (nSPS) is 20.2. The number of aliphatic hydroxyl groups excluding tert-OH is 1. The molecule has 0 unspecified atom stereocenters. The summed E-state index contributed by atoms with van der Waals surface area (Å²) in [5, 5.41) is 14.1. The molecule has 3 rings (SSSR count). The molecule has 1 saturated carbocycles. The van der Waals surface area contributed by atoms with Crippen molar-refractivity contribution in [3.05, 3.63) is 59.7 Å². The minimum Gasteiger partial charge on any atom is -0.497 e. The second-order valence-electron chi connectivity index (χ2n) is 8.19. The quantitative estimate of drug-likeness (QED) is 0.607. The summed E-state index contributed by atoms with van der Waals surface area (Å²) in [6, 6.07) is 16.2. The highest BCUT2D eigenvalue weighted by atomic mass is 16.5. The van der Waals surface area contributed by atoms with Gasteiger partial charge < -0.3 is 24.6 Å². The Balaban J connectivity index is 1.63. The first-order valence-corrected chi connectivity index (χ1v) is 10.9. The lowest BCUT2D eigenvalue weighted by atomic mass is 9.86. The molecule has 0 saturated heterocycles. The van der Waals surface area contributed by atoms with Gasteiger partial charge in [0.25, 0.3) is 0 Å². The van der Waals surface area contributed by atoms with Gasteiger partial charge in [0.1, 0.15) is 17.6 Å². The van der Waals surface area contributed by atoms with Crippen molar-refractivity contribution in [1.29, 1.82) is 0 Å². The minimum atomic E-state index is -0.557. The van der Waals surface area contributed by atoms with Crippen LogP contribution in [0, 0.1) is 5.92 Å². The first-order chi connectivity index (χ1) is 14.6. The molecule has 2 aromatic carbocycles. The molecule has 0 aliphatic heterocycles. The van der Waals surface area contributed by atoms with Crippen molar-refractivity contribution in [1.82, 2.24) is 5.32 Å². The third-order valence-corrected chi connectivity index (χ3v) is 6.02. The van der Waals surface area contributed by atoms with Crippen molar-refractivity contribution < 1.29 is 19.3 Å². The van der Waals surface area contributed by atoms with Crippen molar-refractivity contribution in [2.45, 2.75) is 50.9 Å².